The summed E-state index contributed by atoms with van der Waals surface area (Å²) in [6, 6.07) is 16.3. The van der Waals surface area contributed by atoms with Crippen molar-refractivity contribution >= 4 is 10.1 Å². The fourth-order valence-electron chi connectivity index (χ4n) is 2.36. The van der Waals surface area contributed by atoms with Crippen molar-refractivity contribution in [1.29, 1.82) is 0 Å². The minimum atomic E-state index is -3.76. The van der Waals surface area contributed by atoms with Gasteiger partial charge in [-0.25, -0.2) is 0 Å². The Labute approximate surface area is 130 Å². The van der Waals surface area contributed by atoms with Gasteiger partial charge in [0.25, 0.3) is 10.1 Å². The first kappa shape index (κ1) is 15.2. The molecule has 2 aromatic rings. The summed E-state index contributed by atoms with van der Waals surface area (Å²) in [6.07, 6.45) is -0.123. The molecule has 2 atom stereocenters. The van der Waals surface area contributed by atoms with E-state index in [4.69, 9.17) is 8.92 Å². The minimum absolute atomic E-state index is 0.00275. The van der Waals surface area contributed by atoms with E-state index in [2.05, 4.69) is 0 Å². The van der Waals surface area contributed by atoms with Crippen LogP contribution in [0, 0.1) is 6.92 Å². The standard InChI is InChI=1S/C17H18O4S/c1-13-8-10-15(11-9-13)22(18,19)20-12-17(2)16(21-17)14-6-4-3-5-7-14/h3-11,16H,12H2,1-2H3. The quantitative estimate of drug-likeness (QED) is 0.627. The predicted molar refractivity (Wildman–Crippen MR) is 83.0 cm³/mol. The van der Waals surface area contributed by atoms with E-state index in [-0.39, 0.29) is 17.6 Å². The lowest BCUT2D eigenvalue weighted by atomic mass is 10.0. The Balaban J connectivity index is 1.67. The van der Waals surface area contributed by atoms with Crippen molar-refractivity contribution in [2.75, 3.05) is 6.61 Å². The van der Waals surface area contributed by atoms with Gasteiger partial charge in [0.05, 0.1) is 11.5 Å². The van der Waals surface area contributed by atoms with E-state index in [1.807, 2.05) is 44.2 Å². The second kappa shape index (κ2) is 5.50. The molecule has 5 heteroatoms. The Bertz CT molecular complexity index is 753. The molecule has 0 spiro atoms. The molecule has 0 N–H and O–H groups in total. The number of hydrogen-bond acceptors (Lipinski definition) is 4. The van der Waals surface area contributed by atoms with Crippen LogP contribution in [0.2, 0.25) is 0 Å². The molecule has 3 rings (SSSR count). The molecule has 2 aromatic carbocycles. The fraction of sp³-hybridized carbons (Fsp3) is 0.294. The highest BCUT2D eigenvalue weighted by atomic mass is 32.2. The van der Waals surface area contributed by atoms with Gasteiger partial charge in [-0.1, -0.05) is 48.0 Å². The van der Waals surface area contributed by atoms with E-state index >= 15 is 0 Å². The second-order valence-electron chi connectivity index (χ2n) is 5.75. The van der Waals surface area contributed by atoms with Gasteiger partial charge in [-0.15, -0.1) is 0 Å². The van der Waals surface area contributed by atoms with Gasteiger partial charge >= 0.3 is 0 Å². The maximum atomic E-state index is 12.2. The summed E-state index contributed by atoms with van der Waals surface area (Å²) < 4.78 is 35.2. The first-order chi connectivity index (χ1) is 10.4. The molecule has 22 heavy (non-hydrogen) atoms. The Morgan fingerprint density at radius 1 is 1.09 bits per heavy atom. The first-order valence-corrected chi connectivity index (χ1v) is 8.50. The maximum Gasteiger partial charge on any atom is 0.297 e. The molecular formula is C17H18O4S. The largest absolute Gasteiger partial charge is 0.359 e. The number of aryl methyl sites for hydroxylation is 1. The molecule has 0 saturated carbocycles. The Hall–Kier alpha value is -1.69. The number of rotatable bonds is 5. The molecule has 0 aromatic heterocycles. The van der Waals surface area contributed by atoms with Gasteiger partial charge in [0.1, 0.15) is 11.7 Å². The van der Waals surface area contributed by atoms with Gasteiger partial charge < -0.3 is 4.74 Å². The van der Waals surface area contributed by atoms with Crippen LogP contribution in [0.25, 0.3) is 0 Å². The lowest BCUT2D eigenvalue weighted by Gasteiger charge is -2.09. The summed E-state index contributed by atoms with van der Waals surface area (Å²) in [5.41, 5.74) is 1.43. The molecule has 1 aliphatic rings. The van der Waals surface area contributed by atoms with Crippen molar-refractivity contribution in [3.8, 4) is 0 Å². The van der Waals surface area contributed by atoms with E-state index in [1.165, 1.54) is 0 Å². The SMILES string of the molecule is Cc1ccc(S(=O)(=O)OCC2(C)OC2c2ccccc2)cc1. The molecular weight excluding hydrogens is 300 g/mol. The van der Waals surface area contributed by atoms with Crippen LogP contribution in [-0.4, -0.2) is 20.6 Å². The number of ether oxygens (including phenoxy) is 1. The van der Waals surface area contributed by atoms with Gasteiger partial charge in [-0.05, 0) is 31.5 Å². The van der Waals surface area contributed by atoms with Crippen molar-refractivity contribution in [2.24, 2.45) is 0 Å². The highest BCUT2D eigenvalue weighted by Crippen LogP contribution is 2.49. The van der Waals surface area contributed by atoms with E-state index in [0.717, 1.165) is 11.1 Å². The highest BCUT2D eigenvalue weighted by Gasteiger charge is 2.54. The Kier molecular flexibility index (Phi) is 3.80. The summed E-state index contributed by atoms with van der Waals surface area (Å²) in [6.45, 7) is 3.76. The normalized spacial score (nSPS) is 24.2. The molecule has 2 unspecified atom stereocenters. The number of benzene rings is 2. The van der Waals surface area contributed by atoms with Crippen molar-refractivity contribution in [3.05, 3.63) is 65.7 Å². The van der Waals surface area contributed by atoms with Crippen LogP contribution in [-0.2, 0) is 19.0 Å². The van der Waals surface area contributed by atoms with Crippen molar-refractivity contribution in [3.63, 3.8) is 0 Å². The molecule has 116 valence electrons. The Morgan fingerprint density at radius 2 is 1.73 bits per heavy atom. The summed E-state index contributed by atoms with van der Waals surface area (Å²) >= 11 is 0. The number of epoxide rings is 1. The smallest absolute Gasteiger partial charge is 0.297 e. The van der Waals surface area contributed by atoms with Crippen LogP contribution < -0.4 is 0 Å². The van der Waals surface area contributed by atoms with E-state index < -0.39 is 15.7 Å². The van der Waals surface area contributed by atoms with Crippen LogP contribution in [0.15, 0.2) is 59.5 Å². The molecule has 0 amide bonds. The zero-order valence-electron chi connectivity index (χ0n) is 12.5. The van der Waals surface area contributed by atoms with Crippen molar-refractivity contribution < 1.29 is 17.3 Å². The molecule has 0 aliphatic carbocycles. The van der Waals surface area contributed by atoms with Gasteiger partial charge in [0, 0.05) is 0 Å². The average molecular weight is 318 g/mol. The first-order valence-electron chi connectivity index (χ1n) is 7.10. The van der Waals surface area contributed by atoms with Crippen molar-refractivity contribution in [2.45, 2.75) is 30.4 Å². The molecule has 1 saturated heterocycles. The lowest BCUT2D eigenvalue weighted by Crippen LogP contribution is -2.19. The lowest BCUT2D eigenvalue weighted by molar-refractivity contribution is 0.205. The highest BCUT2D eigenvalue weighted by molar-refractivity contribution is 7.86. The summed E-state index contributed by atoms with van der Waals surface area (Å²) in [5.74, 6) is 0. The van der Waals surface area contributed by atoms with Gasteiger partial charge in [0.2, 0.25) is 0 Å². The number of hydrogen-bond donors (Lipinski definition) is 0. The Morgan fingerprint density at radius 3 is 2.36 bits per heavy atom. The summed E-state index contributed by atoms with van der Waals surface area (Å²) in [7, 11) is -3.76. The zero-order valence-corrected chi connectivity index (χ0v) is 13.3. The minimum Gasteiger partial charge on any atom is -0.359 e. The second-order valence-corrected chi connectivity index (χ2v) is 7.37. The van der Waals surface area contributed by atoms with Crippen LogP contribution in [0.1, 0.15) is 24.2 Å². The van der Waals surface area contributed by atoms with Crippen molar-refractivity contribution in [1.82, 2.24) is 0 Å². The molecule has 1 aliphatic heterocycles. The fourth-order valence-corrected chi connectivity index (χ4v) is 3.36. The monoisotopic (exact) mass is 318 g/mol. The molecule has 1 fully saturated rings. The summed E-state index contributed by atoms with van der Waals surface area (Å²) in [4.78, 5) is 0.165. The molecule has 0 bridgehead atoms. The third-order valence-electron chi connectivity index (χ3n) is 3.80. The summed E-state index contributed by atoms with van der Waals surface area (Å²) in [5, 5.41) is 0. The van der Waals surface area contributed by atoms with E-state index in [9.17, 15) is 8.42 Å². The molecule has 1 heterocycles. The molecule has 0 radical (unpaired) electrons. The molecule has 4 nitrogen and oxygen atoms in total. The predicted octanol–water partition coefficient (Wildman–Crippen LogP) is 3.23. The van der Waals surface area contributed by atoms with E-state index in [1.54, 1.807) is 24.3 Å². The van der Waals surface area contributed by atoms with Crippen LogP contribution in [0.3, 0.4) is 0 Å². The zero-order chi connectivity index (χ0) is 15.8. The van der Waals surface area contributed by atoms with E-state index in [0.29, 0.717) is 0 Å². The van der Waals surface area contributed by atoms with Crippen LogP contribution in [0.5, 0.6) is 0 Å². The van der Waals surface area contributed by atoms with Gasteiger partial charge in [0.15, 0.2) is 0 Å². The topological polar surface area (TPSA) is 55.9 Å². The van der Waals surface area contributed by atoms with Crippen LogP contribution in [0.4, 0.5) is 0 Å². The third-order valence-corrected chi connectivity index (χ3v) is 5.07. The third kappa shape index (κ3) is 3.06. The van der Waals surface area contributed by atoms with Crippen LogP contribution >= 0.6 is 0 Å². The van der Waals surface area contributed by atoms with Gasteiger partial charge in [-0.2, -0.15) is 8.42 Å². The van der Waals surface area contributed by atoms with Gasteiger partial charge in [-0.3, -0.25) is 4.18 Å². The average Bonchev–Trinajstić information content (AvgIpc) is 3.19. The maximum absolute atomic E-state index is 12.2.